The minimum atomic E-state index is -3.02. The minimum absolute atomic E-state index is 0.0202. The summed E-state index contributed by atoms with van der Waals surface area (Å²) in [6.45, 7) is 1.51. The maximum atomic E-state index is 12.1. The zero-order valence-corrected chi connectivity index (χ0v) is 16.0. The normalized spacial score (nSPS) is 19.5. The molecule has 1 amide bonds. The molecule has 0 aliphatic carbocycles. The van der Waals surface area contributed by atoms with E-state index >= 15 is 0 Å². The van der Waals surface area contributed by atoms with Gasteiger partial charge in [-0.3, -0.25) is 9.59 Å². The summed E-state index contributed by atoms with van der Waals surface area (Å²) in [5.41, 5.74) is 0.990. The van der Waals surface area contributed by atoms with Crippen LogP contribution in [-0.2, 0) is 24.2 Å². The first-order chi connectivity index (χ1) is 12.8. The Morgan fingerprint density at radius 1 is 1.19 bits per heavy atom. The van der Waals surface area contributed by atoms with Crippen LogP contribution in [0.4, 0.5) is 0 Å². The van der Waals surface area contributed by atoms with Crippen LogP contribution in [0.1, 0.15) is 31.4 Å². The fourth-order valence-electron chi connectivity index (χ4n) is 3.46. The maximum Gasteiger partial charge on any atom is 0.306 e. The molecule has 0 unspecified atom stereocenters. The van der Waals surface area contributed by atoms with Gasteiger partial charge in [0.15, 0.2) is 16.4 Å². The second-order valence-corrected chi connectivity index (χ2v) is 9.22. The van der Waals surface area contributed by atoms with Crippen molar-refractivity contribution in [2.45, 2.75) is 25.8 Å². The number of fused-ring (bicyclic) bond motifs is 1. The molecule has 3 rings (SSSR count). The number of amides is 1. The molecule has 0 radical (unpaired) electrons. The molecule has 2 aromatic rings. The summed E-state index contributed by atoms with van der Waals surface area (Å²) in [4.78, 5) is 24.0. The van der Waals surface area contributed by atoms with Crippen LogP contribution in [0.15, 0.2) is 42.5 Å². The molecule has 7 heteroatoms. The van der Waals surface area contributed by atoms with E-state index in [4.69, 9.17) is 4.74 Å². The summed E-state index contributed by atoms with van der Waals surface area (Å²) >= 11 is 0. The molecule has 1 aliphatic rings. The standard InChI is InChI=1S/C20H23NO5S/c1-14(17-8-4-6-16-5-2-3-7-18(16)17)21-19(22)12-26-20(23)11-15-9-10-27(24,25)13-15/h2-8,14-15H,9-13H2,1H3,(H,21,22)/t14-,15+/m0/s1. The number of sulfone groups is 1. The highest BCUT2D eigenvalue weighted by Gasteiger charge is 2.30. The van der Waals surface area contributed by atoms with Crippen LogP contribution in [0.3, 0.4) is 0 Å². The van der Waals surface area contributed by atoms with Crippen molar-refractivity contribution in [1.29, 1.82) is 0 Å². The second-order valence-electron chi connectivity index (χ2n) is 6.99. The zero-order valence-electron chi connectivity index (χ0n) is 15.2. The van der Waals surface area contributed by atoms with E-state index in [1.165, 1.54) is 0 Å². The largest absolute Gasteiger partial charge is 0.456 e. The van der Waals surface area contributed by atoms with E-state index in [1.54, 1.807) is 0 Å². The van der Waals surface area contributed by atoms with Gasteiger partial charge in [-0.2, -0.15) is 0 Å². The first kappa shape index (κ1) is 19.4. The number of carbonyl (C=O) groups excluding carboxylic acids is 2. The molecular formula is C20H23NO5S. The third kappa shape index (κ3) is 5.07. The van der Waals surface area contributed by atoms with Crippen LogP contribution in [0.2, 0.25) is 0 Å². The minimum Gasteiger partial charge on any atom is -0.456 e. The number of rotatable bonds is 6. The molecule has 1 heterocycles. The lowest BCUT2D eigenvalue weighted by atomic mass is 10.00. The van der Waals surface area contributed by atoms with Crippen LogP contribution in [0.5, 0.6) is 0 Å². The average molecular weight is 389 g/mol. The first-order valence-corrected chi connectivity index (χ1v) is 10.8. The van der Waals surface area contributed by atoms with Gasteiger partial charge >= 0.3 is 5.97 Å². The smallest absolute Gasteiger partial charge is 0.306 e. The van der Waals surface area contributed by atoms with Crippen molar-refractivity contribution in [2.75, 3.05) is 18.1 Å². The molecule has 0 aromatic heterocycles. The molecule has 27 heavy (non-hydrogen) atoms. The van der Waals surface area contributed by atoms with Gasteiger partial charge in [0.1, 0.15) is 0 Å². The summed E-state index contributed by atoms with van der Waals surface area (Å²) in [6, 6.07) is 13.6. The Hall–Kier alpha value is -2.41. The monoisotopic (exact) mass is 389 g/mol. The van der Waals surface area contributed by atoms with Gasteiger partial charge in [0.25, 0.3) is 5.91 Å². The van der Waals surface area contributed by atoms with E-state index < -0.39 is 15.8 Å². The van der Waals surface area contributed by atoms with Crippen molar-refractivity contribution in [1.82, 2.24) is 5.32 Å². The molecule has 0 spiro atoms. The fraction of sp³-hybridized carbons (Fsp3) is 0.400. The highest BCUT2D eigenvalue weighted by molar-refractivity contribution is 7.91. The van der Waals surface area contributed by atoms with Crippen LogP contribution in [0.25, 0.3) is 10.8 Å². The van der Waals surface area contributed by atoms with E-state index in [0.717, 1.165) is 16.3 Å². The van der Waals surface area contributed by atoms with E-state index in [1.807, 2.05) is 49.4 Å². The topological polar surface area (TPSA) is 89.5 Å². The molecule has 144 valence electrons. The van der Waals surface area contributed by atoms with Crippen LogP contribution < -0.4 is 5.32 Å². The van der Waals surface area contributed by atoms with Gasteiger partial charge in [0.2, 0.25) is 0 Å². The molecular weight excluding hydrogens is 366 g/mol. The molecule has 1 fully saturated rings. The van der Waals surface area contributed by atoms with E-state index in [9.17, 15) is 18.0 Å². The van der Waals surface area contributed by atoms with Gasteiger partial charge in [-0.25, -0.2) is 8.42 Å². The van der Waals surface area contributed by atoms with Crippen molar-refractivity contribution < 1.29 is 22.7 Å². The SMILES string of the molecule is C[C@H](NC(=O)COC(=O)C[C@H]1CCS(=O)(=O)C1)c1cccc2ccccc12. The van der Waals surface area contributed by atoms with Crippen molar-refractivity contribution in [2.24, 2.45) is 5.92 Å². The third-order valence-corrected chi connectivity index (χ3v) is 6.65. The van der Waals surface area contributed by atoms with Crippen molar-refractivity contribution >= 4 is 32.5 Å². The lowest BCUT2D eigenvalue weighted by Crippen LogP contribution is -2.31. The Balaban J connectivity index is 1.51. The number of hydrogen-bond donors (Lipinski definition) is 1. The number of benzene rings is 2. The Morgan fingerprint density at radius 3 is 2.67 bits per heavy atom. The molecule has 2 atom stereocenters. The van der Waals surface area contributed by atoms with E-state index in [-0.39, 0.29) is 42.4 Å². The molecule has 2 aromatic carbocycles. The summed E-state index contributed by atoms with van der Waals surface area (Å²) in [5, 5.41) is 4.99. The maximum absolute atomic E-state index is 12.1. The molecule has 0 bridgehead atoms. The summed E-state index contributed by atoms with van der Waals surface area (Å²) in [6.07, 6.45) is 0.507. The number of carbonyl (C=O) groups is 2. The summed E-state index contributed by atoms with van der Waals surface area (Å²) in [7, 11) is -3.02. The molecule has 0 saturated carbocycles. The Labute approximate surface area is 158 Å². The predicted octanol–water partition coefficient (Wildman–Crippen LogP) is 2.39. The highest BCUT2D eigenvalue weighted by Crippen LogP contribution is 2.24. The van der Waals surface area contributed by atoms with E-state index in [0.29, 0.717) is 6.42 Å². The van der Waals surface area contributed by atoms with Crippen LogP contribution in [-0.4, -0.2) is 38.4 Å². The van der Waals surface area contributed by atoms with Gasteiger partial charge in [-0.05, 0) is 35.6 Å². The highest BCUT2D eigenvalue weighted by atomic mass is 32.2. The fourth-order valence-corrected chi connectivity index (χ4v) is 5.32. The van der Waals surface area contributed by atoms with Gasteiger partial charge in [0, 0.05) is 6.42 Å². The lowest BCUT2D eigenvalue weighted by molar-refractivity contribution is -0.149. The Morgan fingerprint density at radius 2 is 1.93 bits per heavy atom. The second kappa shape index (κ2) is 8.08. The lowest BCUT2D eigenvalue weighted by Gasteiger charge is -2.17. The Bertz CT molecular complexity index is 949. The van der Waals surface area contributed by atoms with Crippen molar-refractivity contribution in [3.63, 3.8) is 0 Å². The third-order valence-electron chi connectivity index (χ3n) is 4.81. The number of nitrogens with one attached hydrogen (secondary N) is 1. The zero-order chi connectivity index (χ0) is 19.4. The number of esters is 1. The van der Waals surface area contributed by atoms with Gasteiger partial charge in [-0.15, -0.1) is 0 Å². The average Bonchev–Trinajstić information content (AvgIpc) is 2.97. The number of ether oxygens (including phenoxy) is 1. The van der Waals surface area contributed by atoms with Crippen molar-refractivity contribution in [3.8, 4) is 0 Å². The first-order valence-electron chi connectivity index (χ1n) is 8.97. The molecule has 1 aliphatic heterocycles. The van der Waals surface area contributed by atoms with Gasteiger partial charge in [0.05, 0.1) is 17.5 Å². The quantitative estimate of drug-likeness (QED) is 0.766. The molecule has 1 N–H and O–H groups in total. The molecule has 1 saturated heterocycles. The predicted molar refractivity (Wildman–Crippen MR) is 103 cm³/mol. The van der Waals surface area contributed by atoms with Crippen LogP contribution in [0, 0.1) is 5.92 Å². The summed E-state index contributed by atoms with van der Waals surface area (Å²) < 4.78 is 27.9. The summed E-state index contributed by atoms with van der Waals surface area (Å²) in [5.74, 6) is -0.992. The Kier molecular flexibility index (Phi) is 5.79. The van der Waals surface area contributed by atoms with Crippen molar-refractivity contribution in [3.05, 3.63) is 48.0 Å². The number of hydrogen-bond acceptors (Lipinski definition) is 5. The molecule has 6 nitrogen and oxygen atoms in total. The van der Waals surface area contributed by atoms with E-state index in [2.05, 4.69) is 5.32 Å². The van der Waals surface area contributed by atoms with Gasteiger partial charge in [-0.1, -0.05) is 42.5 Å². The van der Waals surface area contributed by atoms with Gasteiger partial charge < -0.3 is 10.1 Å². The van der Waals surface area contributed by atoms with Crippen LogP contribution >= 0.6 is 0 Å².